The van der Waals surface area contributed by atoms with E-state index in [1.807, 2.05) is 10.8 Å². The van der Waals surface area contributed by atoms with Crippen LogP contribution in [0.1, 0.15) is 0 Å². The molecule has 0 aliphatic carbocycles. The van der Waals surface area contributed by atoms with Crippen LogP contribution in [0.3, 0.4) is 0 Å². The van der Waals surface area contributed by atoms with Crippen molar-refractivity contribution in [2.45, 2.75) is 5.25 Å². The Bertz CT molecular complexity index is 255. The van der Waals surface area contributed by atoms with Crippen molar-refractivity contribution in [1.29, 1.82) is 0 Å². The quantitative estimate of drug-likeness (QED) is 0.507. The Kier molecular flexibility index (Phi) is 2.70. The molecule has 0 aromatic carbocycles. The van der Waals surface area contributed by atoms with Gasteiger partial charge in [0.05, 0.1) is 5.25 Å². The highest BCUT2D eigenvalue weighted by atomic mass is 32.2. The highest BCUT2D eigenvalue weighted by molar-refractivity contribution is 8.23. The average Bonchev–Trinajstić information content (AvgIpc) is 2.53. The molecule has 0 saturated carbocycles. The summed E-state index contributed by atoms with van der Waals surface area (Å²) in [4.78, 5) is 21.2. The lowest BCUT2D eigenvalue weighted by molar-refractivity contribution is -0.148. The number of carboxylic acids is 1. The summed E-state index contributed by atoms with van der Waals surface area (Å²) in [5.74, 6) is -2.21. The predicted molar refractivity (Wildman–Crippen MR) is 49.1 cm³/mol. The molecule has 1 aliphatic rings. The van der Waals surface area contributed by atoms with Gasteiger partial charge in [0, 0.05) is 0 Å². The Hall–Kier alpha value is -1.03. The molecule has 0 fully saturated rings. The lowest BCUT2D eigenvalue weighted by Crippen LogP contribution is -2.24. The molecule has 0 bridgehead atoms. The summed E-state index contributed by atoms with van der Waals surface area (Å²) >= 11 is 0. The molecule has 0 aromatic rings. The van der Waals surface area contributed by atoms with E-state index >= 15 is 0 Å². The Balaban J connectivity index is 2.64. The maximum atomic E-state index is 10.9. The summed E-state index contributed by atoms with van der Waals surface area (Å²) < 4.78 is 0. The van der Waals surface area contributed by atoms with E-state index in [1.165, 1.54) is 0 Å². The molecule has 1 atom stereocenters. The van der Waals surface area contributed by atoms with Gasteiger partial charge in [0.25, 0.3) is 5.78 Å². The fourth-order valence-corrected chi connectivity index (χ4v) is 2.33. The van der Waals surface area contributed by atoms with Gasteiger partial charge in [-0.05, 0) is 17.7 Å². The van der Waals surface area contributed by atoms with Crippen LogP contribution in [0.25, 0.3) is 0 Å². The van der Waals surface area contributed by atoms with Crippen molar-refractivity contribution in [1.82, 2.24) is 0 Å². The minimum absolute atomic E-state index is 0.646. The smallest absolute Gasteiger partial charge is 0.373 e. The monoisotopic (exact) mass is 185 g/mol. The number of carbonyl (C=O) groups is 2. The number of thiol groups is 1. The molecule has 0 spiro atoms. The van der Waals surface area contributed by atoms with E-state index in [0.717, 1.165) is 0 Å². The van der Waals surface area contributed by atoms with E-state index in [9.17, 15) is 9.59 Å². The predicted octanol–water partition coefficient (Wildman–Crippen LogP) is 0.885. The number of carbonyl (C=O) groups excluding carboxylic acids is 1. The number of hydrogen-bond donors (Lipinski definition) is 2. The Morgan fingerprint density at radius 2 is 1.83 bits per heavy atom. The fourth-order valence-electron chi connectivity index (χ4n) is 0.834. The molecule has 65 valence electrons. The minimum Gasteiger partial charge on any atom is -0.475 e. The van der Waals surface area contributed by atoms with Crippen molar-refractivity contribution in [3.8, 4) is 0 Å². The zero-order valence-corrected chi connectivity index (χ0v) is 7.20. The third-order valence-electron chi connectivity index (χ3n) is 1.50. The molecule has 1 radical (unpaired) electrons. The van der Waals surface area contributed by atoms with Gasteiger partial charge in [0.15, 0.2) is 0 Å². The van der Waals surface area contributed by atoms with E-state index < -0.39 is 27.9 Å². The number of aliphatic carboxylic acids is 1. The second-order valence-electron chi connectivity index (χ2n) is 2.32. The molecule has 1 N–H and O–H groups in total. The highest BCUT2D eigenvalue weighted by Gasteiger charge is 2.24. The highest BCUT2D eigenvalue weighted by Crippen LogP contribution is 2.37. The first-order chi connectivity index (χ1) is 5.63. The van der Waals surface area contributed by atoms with Gasteiger partial charge in [-0.1, -0.05) is 12.2 Å². The summed E-state index contributed by atoms with van der Waals surface area (Å²) in [5.41, 5.74) is 0. The second-order valence-corrected chi connectivity index (χ2v) is 4.43. The van der Waals surface area contributed by atoms with Crippen molar-refractivity contribution in [3.05, 3.63) is 29.9 Å². The van der Waals surface area contributed by atoms with Crippen LogP contribution in [-0.4, -0.2) is 22.1 Å². The zero-order valence-electron chi connectivity index (χ0n) is 6.30. The van der Waals surface area contributed by atoms with Crippen molar-refractivity contribution in [3.63, 3.8) is 0 Å². The number of ketones is 1. The molecule has 0 saturated heterocycles. The van der Waals surface area contributed by atoms with Crippen molar-refractivity contribution in [2.24, 2.45) is 0 Å². The van der Waals surface area contributed by atoms with Crippen LogP contribution < -0.4 is 0 Å². The molecule has 1 aliphatic heterocycles. The third-order valence-corrected chi connectivity index (χ3v) is 3.49. The number of Topliss-reactive ketones (excluding diaryl/α,β-unsaturated/α-hetero) is 1. The molecule has 1 unspecified atom stereocenters. The lowest BCUT2D eigenvalue weighted by Gasteiger charge is -2.15. The first kappa shape index (κ1) is 9.06. The van der Waals surface area contributed by atoms with E-state index in [1.54, 1.807) is 12.2 Å². The normalized spacial score (nSPS) is 19.6. The van der Waals surface area contributed by atoms with Crippen LogP contribution in [0.2, 0.25) is 0 Å². The van der Waals surface area contributed by atoms with E-state index in [0.29, 0.717) is 0 Å². The van der Waals surface area contributed by atoms with E-state index in [2.05, 4.69) is 6.92 Å². The maximum Gasteiger partial charge on any atom is 0.373 e. The van der Waals surface area contributed by atoms with Crippen LogP contribution >= 0.6 is 10.9 Å². The van der Waals surface area contributed by atoms with E-state index in [4.69, 9.17) is 5.11 Å². The van der Waals surface area contributed by atoms with Crippen LogP contribution in [0.4, 0.5) is 0 Å². The maximum absolute atomic E-state index is 10.9. The zero-order chi connectivity index (χ0) is 9.14. The summed E-state index contributed by atoms with van der Waals surface area (Å²) in [6, 6.07) is 0. The summed E-state index contributed by atoms with van der Waals surface area (Å²) in [6.07, 6.45) is 3.61. The molecule has 1 heterocycles. The Morgan fingerprint density at radius 3 is 2.25 bits per heavy atom. The van der Waals surface area contributed by atoms with Gasteiger partial charge in [-0.2, -0.15) is 0 Å². The lowest BCUT2D eigenvalue weighted by atomic mass is 10.3. The topological polar surface area (TPSA) is 54.4 Å². The SMILES string of the molecule is [CH2]C(C(=O)C(=O)O)[SH]1C=CC=C1. The van der Waals surface area contributed by atoms with Gasteiger partial charge < -0.3 is 5.11 Å². The summed E-state index contributed by atoms with van der Waals surface area (Å²) in [6.45, 7) is 3.54. The van der Waals surface area contributed by atoms with Gasteiger partial charge in [0.2, 0.25) is 0 Å². The Labute approximate surface area is 73.1 Å². The number of allylic oxidation sites excluding steroid dienone is 2. The van der Waals surface area contributed by atoms with Crippen molar-refractivity contribution >= 4 is 22.6 Å². The summed E-state index contributed by atoms with van der Waals surface area (Å²) in [7, 11) is -0.781. The average molecular weight is 185 g/mol. The molecular weight excluding hydrogens is 176 g/mol. The van der Waals surface area contributed by atoms with Gasteiger partial charge in [-0.3, -0.25) is 4.79 Å². The third kappa shape index (κ3) is 1.76. The van der Waals surface area contributed by atoms with Gasteiger partial charge in [-0.25, -0.2) is 15.7 Å². The number of rotatable bonds is 3. The molecular formula is C8H9O3S. The summed E-state index contributed by atoms with van der Waals surface area (Å²) in [5, 5.41) is 11.4. The van der Waals surface area contributed by atoms with Crippen molar-refractivity contribution < 1.29 is 14.7 Å². The van der Waals surface area contributed by atoms with E-state index in [-0.39, 0.29) is 0 Å². The second kappa shape index (κ2) is 3.58. The fraction of sp³-hybridized carbons (Fsp3) is 0.125. The van der Waals surface area contributed by atoms with Crippen LogP contribution in [-0.2, 0) is 9.59 Å². The first-order valence-corrected chi connectivity index (χ1v) is 4.90. The molecule has 0 aromatic heterocycles. The van der Waals surface area contributed by atoms with Gasteiger partial charge >= 0.3 is 5.97 Å². The van der Waals surface area contributed by atoms with Gasteiger partial charge in [-0.15, -0.1) is 0 Å². The molecule has 4 heteroatoms. The Morgan fingerprint density at radius 1 is 1.33 bits per heavy atom. The standard InChI is InChI=1S/C8H9O3S/c1-6(7(9)8(10)11)12-4-2-3-5-12/h2-6,12H,1H2,(H,10,11). The number of hydrogen-bond acceptors (Lipinski definition) is 2. The van der Waals surface area contributed by atoms with Crippen LogP contribution in [0.5, 0.6) is 0 Å². The number of carboxylic acid groups (broad SMARTS) is 1. The first-order valence-electron chi connectivity index (χ1n) is 3.35. The molecule has 3 nitrogen and oxygen atoms in total. The molecule has 1 rings (SSSR count). The minimum atomic E-state index is -1.40. The van der Waals surface area contributed by atoms with Crippen LogP contribution in [0.15, 0.2) is 23.0 Å². The van der Waals surface area contributed by atoms with Crippen molar-refractivity contribution in [2.75, 3.05) is 0 Å². The van der Waals surface area contributed by atoms with Crippen LogP contribution in [0, 0.1) is 6.92 Å². The van der Waals surface area contributed by atoms with Gasteiger partial charge in [0.1, 0.15) is 0 Å². The molecule has 12 heavy (non-hydrogen) atoms. The largest absolute Gasteiger partial charge is 0.475 e. The molecule has 0 amide bonds.